The van der Waals surface area contributed by atoms with Gasteiger partial charge >= 0.3 is 0 Å². The van der Waals surface area contributed by atoms with Crippen LogP contribution in [0.25, 0.3) is 0 Å². The molecule has 0 aromatic carbocycles. The molecule has 2 unspecified atom stereocenters. The smallest absolute Gasteiger partial charge is 0.107 e. The molecule has 0 bridgehead atoms. The first-order valence-corrected chi connectivity index (χ1v) is 8.11. The molecule has 1 fully saturated rings. The van der Waals surface area contributed by atoms with Crippen LogP contribution in [0.4, 0.5) is 0 Å². The first kappa shape index (κ1) is 11.8. The number of nitrogens with zero attached hydrogens (tertiary/aromatic N) is 1. The highest BCUT2D eigenvalue weighted by Gasteiger charge is 2.26. The second kappa shape index (κ2) is 5.57. The summed E-state index contributed by atoms with van der Waals surface area (Å²) in [5, 5.41) is 7.95. The van der Waals surface area contributed by atoms with Gasteiger partial charge in [-0.25, -0.2) is 4.98 Å². The van der Waals surface area contributed by atoms with Crippen molar-refractivity contribution in [1.29, 1.82) is 0 Å². The molecule has 2 rings (SSSR count). The highest BCUT2D eigenvalue weighted by molar-refractivity contribution is 8.06. The minimum atomic E-state index is 0.611. The van der Waals surface area contributed by atoms with E-state index < -0.39 is 0 Å². The SMILES string of the molecule is CNCc1csc(C2SCCSC2C)n1. The van der Waals surface area contributed by atoms with Crippen LogP contribution < -0.4 is 5.32 Å². The number of hydrogen-bond donors (Lipinski definition) is 1. The summed E-state index contributed by atoms with van der Waals surface area (Å²) in [5.74, 6) is 2.55. The standard InChI is InChI=1S/C10H16N2S3/c1-7-9(14-4-3-13-7)10-12-8(5-11-2)6-15-10/h6-7,9,11H,3-5H2,1-2H3. The lowest BCUT2D eigenvalue weighted by Gasteiger charge is -2.25. The Balaban J connectivity index is 2.06. The molecule has 0 saturated carbocycles. The molecule has 0 spiro atoms. The monoisotopic (exact) mass is 260 g/mol. The van der Waals surface area contributed by atoms with Crippen molar-refractivity contribution in [2.75, 3.05) is 18.6 Å². The van der Waals surface area contributed by atoms with Crippen LogP contribution in [-0.4, -0.2) is 28.8 Å². The van der Waals surface area contributed by atoms with Crippen LogP contribution in [0, 0.1) is 0 Å². The second-order valence-electron chi connectivity index (χ2n) is 3.57. The summed E-state index contributed by atoms with van der Waals surface area (Å²) in [7, 11) is 1.97. The van der Waals surface area contributed by atoms with E-state index in [1.165, 1.54) is 22.2 Å². The summed E-state index contributed by atoms with van der Waals surface area (Å²) in [4.78, 5) is 4.70. The molecular formula is C10H16N2S3. The third kappa shape index (κ3) is 2.90. The molecule has 2 atom stereocenters. The van der Waals surface area contributed by atoms with Gasteiger partial charge in [-0.15, -0.1) is 23.1 Å². The Morgan fingerprint density at radius 1 is 1.47 bits per heavy atom. The summed E-state index contributed by atoms with van der Waals surface area (Å²) >= 11 is 5.95. The summed E-state index contributed by atoms with van der Waals surface area (Å²) < 4.78 is 0. The number of hydrogen-bond acceptors (Lipinski definition) is 5. The Labute approximate surface area is 104 Å². The molecule has 2 heterocycles. The van der Waals surface area contributed by atoms with Gasteiger partial charge in [-0.2, -0.15) is 11.8 Å². The molecule has 2 nitrogen and oxygen atoms in total. The van der Waals surface area contributed by atoms with Gasteiger partial charge < -0.3 is 5.32 Å². The maximum absolute atomic E-state index is 4.70. The summed E-state index contributed by atoms with van der Waals surface area (Å²) in [6.07, 6.45) is 0. The third-order valence-electron chi connectivity index (χ3n) is 2.36. The van der Waals surface area contributed by atoms with Crippen LogP contribution >= 0.6 is 34.9 Å². The van der Waals surface area contributed by atoms with Gasteiger partial charge in [0.25, 0.3) is 0 Å². The molecule has 0 aliphatic carbocycles. The largest absolute Gasteiger partial charge is 0.314 e. The Kier molecular flexibility index (Phi) is 4.37. The van der Waals surface area contributed by atoms with Crippen LogP contribution in [0.3, 0.4) is 0 Å². The molecule has 1 aromatic heterocycles. The topological polar surface area (TPSA) is 24.9 Å². The average Bonchev–Trinajstić information content (AvgIpc) is 2.68. The fraction of sp³-hybridized carbons (Fsp3) is 0.700. The molecule has 84 valence electrons. The van der Waals surface area contributed by atoms with E-state index >= 15 is 0 Å². The summed E-state index contributed by atoms with van der Waals surface area (Å²) in [6, 6.07) is 0. The van der Waals surface area contributed by atoms with Gasteiger partial charge in [0.2, 0.25) is 0 Å². The van der Waals surface area contributed by atoms with Gasteiger partial charge in [-0.1, -0.05) is 6.92 Å². The van der Waals surface area contributed by atoms with Crippen LogP contribution in [0.15, 0.2) is 5.38 Å². The maximum Gasteiger partial charge on any atom is 0.107 e. The minimum Gasteiger partial charge on any atom is -0.314 e. The fourth-order valence-electron chi connectivity index (χ4n) is 1.62. The molecule has 1 aliphatic rings. The van der Waals surface area contributed by atoms with Gasteiger partial charge in [0.1, 0.15) is 5.01 Å². The van der Waals surface area contributed by atoms with E-state index in [0.717, 1.165) is 6.54 Å². The predicted octanol–water partition coefficient (Wildman–Crippen LogP) is 2.77. The Morgan fingerprint density at radius 2 is 2.27 bits per heavy atom. The maximum atomic E-state index is 4.70. The molecule has 0 amide bonds. The lowest BCUT2D eigenvalue weighted by Crippen LogP contribution is -2.15. The van der Waals surface area contributed by atoms with Crippen molar-refractivity contribution in [3.8, 4) is 0 Å². The summed E-state index contributed by atoms with van der Waals surface area (Å²) in [5.41, 5.74) is 1.18. The zero-order valence-corrected chi connectivity index (χ0v) is 11.5. The first-order chi connectivity index (χ1) is 7.31. The zero-order chi connectivity index (χ0) is 10.7. The molecular weight excluding hydrogens is 244 g/mol. The van der Waals surface area contributed by atoms with Crippen LogP contribution in [0.1, 0.15) is 22.9 Å². The minimum absolute atomic E-state index is 0.611. The van der Waals surface area contributed by atoms with Crippen LogP contribution in [-0.2, 0) is 6.54 Å². The molecule has 15 heavy (non-hydrogen) atoms. The van der Waals surface area contributed by atoms with Gasteiger partial charge in [-0.05, 0) is 7.05 Å². The number of nitrogens with one attached hydrogen (secondary N) is 1. The van der Waals surface area contributed by atoms with E-state index in [1.54, 1.807) is 0 Å². The molecule has 1 N–H and O–H groups in total. The van der Waals surface area contributed by atoms with Gasteiger partial charge in [0.15, 0.2) is 0 Å². The van der Waals surface area contributed by atoms with Crippen molar-refractivity contribution in [3.63, 3.8) is 0 Å². The Hall–Kier alpha value is 0.290. The van der Waals surface area contributed by atoms with Crippen LogP contribution in [0.5, 0.6) is 0 Å². The molecule has 1 aromatic rings. The summed E-state index contributed by atoms with van der Waals surface area (Å²) in [6.45, 7) is 3.20. The van der Waals surface area contributed by atoms with Crippen molar-refractivity contribution in [1.82, 2.24) is 10.3 Å². The van der Waals surface area contributed by atoms with Gasteiger partial charge in [-0.3, -0.25) is 0 Å². The predicted molar refractivity (Wildman–Crippen MR) is 72.0 cm³/mol. The second-order valence-corrected chi connectivity index (χ2v) is 7.20. The van der Waals surface area contributed by atoms with E-state index in [9.17, 15) is 0 Å². The molecule has 5 heteroatoms. The number of rotatable bonds is 3. The van der Waals surface area contributed by atoms with E-state index in [0.29, 0.717) is 10.5 Å². The van der Waals surface area contributed by atoms with Crippen molar-refractivity contribution in [2.24, 2.45) is 0 Å². The van der Waals surface area contributed by atoms with Gasteiger partial charge in [0.05, 0.1) is 10.9 Å². The first-order valence-electron chi connectivity index (χ1n) is 5.13. The number of aromatic nitrogens is 1. The van der Waals surface area contributed by atoms with Crippen molar-refractivity contribution in [2.45, 2.75) is 24.0 Å². The highest BCUT2D eigenvalue weighted by atomic mass is 32.2. The van der Waals surface area contributed by atoms with E-state index in [4.69, 9.17) is 4.98 Å². The van der Waals surface area contributed by atoms with E-state index in [1.807, 2.05) is 18.4 Å². The normalized spacial score (nSPS) is 26.8. The van der Waals surface area contributed by atoms with Crippen molar-refractivity contribution >= 4 is 34.9 Å². The molecule has 0 radical (unpaired) electrons. The van der Waals surface area contributed by atoms with E-state index in [2.05, 4.69) is 41.1 Å². The Morgan fingerprint density at radius 3 is 3.00 bits per heavy atom. The van der Waals surface area contributed by atoms with Crippen molar-refractivity contribution < 1.29 is 0 Å². The lowest BCUT2D eigenvalue weighted by atomic mass is 10.3. The third-order valence-corrected chi connectivity index (χ3v) is 6.58. The Bertz CT molecular complexity index is 313. The van der Waals surface area contributed by atoms with Gasteiger partial charge in [0, 0.05) is 28.7 Å². The van der Waals surface area contributed by atoms with E-state index in [-0.39, 0.29) is 0 Å². The van der Waals surface area contributed by atoms with Crippen molar-refractivity contribution in [3.05, 3.63) is 16.1 Å². The molecule has 1 saturated heterocycles. The molecule has 1 aliphatic heterocycles. The fourth-order valence-corrected chi connectivity index (χ4v) is 5.61. The lowest BCUT2D eigenvalue weighted by molar-refractivity contribution is 0.786. The highest BCUT2D eigenvalue weighted by Crippen LogP contribution is 2.43. The average molecular weight is 260 g/mol. The van der Waals surface area contributed by atoms with Crippen LogP contribution in [0.2, 0.25) is 0 Å². The quantitative estimate of drug-likeness (QED) is 0.903. The number of thiazole rings is 1. The number of thioether (sulfide) groups is 2. The zero-order valence-electron chi connectivity index (χ0n) is 9.03.